The predicted octanol–water partition coefficient (Wildman–Crippen LogP) is 3.77. The number of nitrogens with one attached hydrogen (secondary N) is 1. The van der Waals surface area contributed by atoms with E-state index in [-0.39, 0.29) is 17.2 Å². The Bertz CT molecular complexity index is 475. The Morgan fingerprint density at radius 2 is 1.77 bits per heavy atom. The lowest BCUT2D eigenvalue weighted by Crippen LogP contribution is -2.55. The minimum atomic E-state index is -0.302. The molecule has 2 aliphatic carbocycles. The molecule has 1 heterocycles. The summed E-state index contributed by atoms with van der Waals surface area (Å²) in [5.41, 5.74) is 0.0255. The molecule has 3 aliphatic rings. The fraction of sp³-hybridized carbons (Fsp3) is 0.765. The maximum absolute atomic E-state index is 11.3. The van der Waals surface area contributed by atoms with Crippen LogP contribution in [0.3, 0.4) is 0 Å². The highest BCUT2D eigenvalue weighted by atomic mass is 32.2. The van der Waals surface area contributed by atoms with Crippen molar-refractivity contribution in [3.63, 3.8) is 0 Å². The second-order valence-electron chi connectivity index (χ2n) is 6.72. The Labute approximate surface area is 137 Å². The molecule has 0 aromatic carbocycles. The summed E-state index contributed by atoms with van der Waals surface area (Å²) in [6, 6.07) is 0. The molecule has 2 spiro atoms. The monoisotopic (exact) mass is 322 g/mol. The quantitative estimate of drug-likeness (QED) is 0.621. The van der Waals surface area contributed by atoms with Crippen LogP contribution < -0.4 is 5.32 Å². The normalized spacial score (nSPS) is 26.5. The molecule has 22 heavy (non-hydrogen) atoms. The highest BCUT2D eigenvalue weighted by Gasteiger charge is 2.50. The molecule has 3 rings (SSSR count). The standard InChI is InChI=1S/C17H26N2O2S/c1-21-14(20)8-13-22-15-16(9-4-2-5-10-16)19-17(18-15)11-6-3-7-12-17/h8,13,19H,2-7,9-12H2,1H3/b13-8-. The number of nitrogens with zero attached hydrogens (tertiary/aromatic N) is 1. The van der Waals surface area contributed by atoms with E-state index in [4.69, 9.17) is 4.99 Å². The molecule has 4 nitrogen and oxygen atoms in total. The highest BCUT2D eigenvalue weighted by molar-refractivity contribution is 8.16. The van der Waals surface area contributed by atoms with Crippen molar-refractivity contribution in [2.75, 3.05) is 7.11 Å². The van der Waals surface area contributed by atoms with Crippen molar-refractivity contribution in [3.8, 4) is 0 Å². The van der Waals surface area contributed by atoms with Crippen LogP contribution in [0.15, 0.2) is 16.5 Å². The van der Waals surface area contributed by atoms with E-state index in [0.717, 1.165) is 12.8 Å². The molecule has 0 saturated heterocycles. The van der Waals surface area contributed by atoms with E-state index < -0.39 is 0 Å². The molecule has 1 N–H and O–H groups in total. The largest absolute Gasteiger partial charge is 0.466 e. The van der Waals surface area contributed by atoms with Gasteiger partial charge in [0.05, 0.1) is 17.7 Å². The van der Waals surface area contributed by atoms with Crippen LogP contribution in [-0.2, 0) is 9.53 Å². The van der Waals surface area contributed by atoms with Crippen molar-refractivity contribution in [3.05, 3.63) is 11.5 Å². The number of thioether (sulfide) groups is 1. The Hall–Kier alpha value is -0.810. The maximum Gasteiger partial charge on any atom is 0.330 e. The van der Waals surface area contributed by atoms with Gasteiger partial charge < -0.3 is 4.74 Å². The van der Waals surface area contributed by atoms with Crippen molar-refractivity contribution in [2.24, 2.45) is 4.99 Å². The van der Waals surface area contributed by atoms with E-state index in [1.54, 1.807) is 11.8 Å². The second-order valence-corrected chi connectivity index (χ2v) is 7.62. The average Bonchev–Trinajstić information content (AvgIpc) is 2.81. The van der Waals surface area contributed by atoms with Gasteiger partial charge in [-0.05, 0) is 43.9 Å². The molecular weight excluding hydrogens is 296 g/mol. The van der Waals surface area contributed by atoms with E-state index in [1.807, 2.05) is 5.41 Å². The highest BCUT2D eigenvalue weighted by Crippen LogP contribution is 2.44. The van der Waals surface area contributed by atoms with E-state index in [1.165, 1.54) is 69.6 Å². The Morgan fingerprint density at radius 1 is 1.14 bits per heavy atom. The molecule has 0 amide bonds. The molecular formula is C17H26N2O2S. The molecule has 1 aliphatic heterocycles. The number of hydrogen-bond donors (Lipinski definition) is 1. The number of carbonyl (C=O) groups is 1. The van der Waals surface area contributed by atoms with Gasteiger partial charge in [0.15, 0.2) is 0 Å². The van der Waals surface area contributed by atoms with Gasteiger partial charge in [-0.2, -0.15) is 0 Å². The van der Waals surface area contributed by atoms with Gasteiger partial charge in [-0.25, -0.2) is 4.79 Å². The molecule has 2 saturated carbocycles. The lowest BCUT2D eigenvalue weighted by Gasteiger charge is -2.40. The number of rotatable bonds is 2. The van der Waals surface area contributed by atoms with Gasteiger partial charge in [-0.1, -0.05) is 37.4 Å². The number of esters is 1. The van der Waals surface area contributed by atoms with Gasteiger partial charge >= 0.3 is 5.97 Å². The molecule has 0 aromatic rings. The Morgan fingerprint density at radius 3 is 2.41 bits per heavy atom. The smallest absolute Gasteiger partial charge is 0.330 e. The first kappa shape index (κ1) is 16.1. The molecule has 0 bridgehead atoms. The van der Waals surface area contributed by atoms with Crippen LogP contribution in [0.4, 0.5) is 0 Å². The van der Waals surface area contributed by atoms with Crippen molar-refractivity contribution >= 4 is 22.8 Å². The topological polar surface area (TPSA) is 50.7 Å². The summed E-state index contributed by atoms with van der Waals surface area (Å²) >= 11 is 1.61. The molecule has 122 valence electrons. The van der Waals surface area contributed by atoms with Crippen molar-refractivity contribution in [1.29, 1.82) is 0 Å². The van der Waals surface area contributed by atoms with Crippen LogP contribution in [0.5, 0.6) is 0 Å². The number of ether oxygens (including phenoxy) is 1. The van der Waals surface area contributed by atoms with Gasteiger partial charge in [-0.15, -0.1) is 0 Å². The third kappa shape index (κ3) is 3.25. The van der Waals surface area contributed by atoms with Crippen LogP contribution in [0.1, 0.15) is 64.2 Å². The van der Waals surface area contributed by atoms with E-state index in [2.05, 4.69) is 10.1 Å². The maximum atomic E-state index is 11.3. The summed E-state index contributed by atoms with van der Waals surface area (Å²) in [5.74, 6) is -0.302. The van der Waals surface area contributed by atoms with Gasteiger partial charge in [0.2, 0.25) is 0 Å². The average molecular weight is 322 g/mol. The minimum absolute atomic E-state index is 0.0307. The summed E-state index contributed by atoms with van der Waals surface area (Å²) in [6.45, 7) is 0. The van der Waals surface area contributed by atoms with Crippen LogP contribution in [0.2, 0.25) is 0 Å². The van der Waals surface area contributed by atoms with Gasteiger partial charge in [0.25, 0.3) is 0 Å². The molecule has 0 radical (unpaired) electrons. The van der Waals surface area contributed by atoms with Gasteiger partial charge in [0, 0.05) is 6.08 Å². The summed E-state index contributed by atoms with van der Waals surface area (Å²) in [7, 11) is 1.41. The van der Waals surface area contributed by atoms with Crippen molar-refractivity contribution in [1.82, 2.24) is 5.32 Å². The van der Waals surface area contributed by atoms with Crippen LogP contribution >= 0.6 is 11.8 Å². The summed E-state index contributed by atoms with van der Waals surface area (Å²) in [6.07, 6.45) is 13.9. The fourth-order valence-corrected chi connectivity index (χ4v) is 5.07. The molecule has 0 atom stereocenters. The summed E-state index contributed by atoms with van der Waals surface area (Å²) in [5, 5.41) is 6.98. The van der Waals surface area contributed by atoms with Crippen LogP contribution in [0.25, 0.3) is 0 Å². The van der Waals surface area contributed by atoms with Crippen LogP contribution in [-0.4, -0.2) is 29.3 Å². The lowest BCUT2D eigenvalue weighted by atomic mass is 9.81. The second kappa shape index (κ2) is 6.75. The number of hydrogen-bond acceptors (Lipinski definition) is 5. The Kier molecular flexibility index (Phi) is 4.93. The third-order valence-electron chi connectivity index (χ3n) is 5.17. The van der Waals surface area contributed by atoms with E-state index >= 15 is 0 Å². The summed E-state index contributed by atoms with van der Waals surface area (Å²) < 4.78 is 4.67. The zero-order valence-electron chi connectivity index (χ0n) is 13.4. The fourth-order valence-electron chi connectivity index (χ4n) is 4.06. The molecule has 0 unspecified atom stereocenters. The van der Waals surface area contributed by atoms with Crippen LogP contribution in [0, 0.1) is 0 Å². The molecule has 0 aromatic heterocycles. The zero-order valence-corrected chi connectivity index (χ0v) is 14.2. The summed E-state index contributed by atoms with van der Waals surface area (Å²) in [4.78, 5) is 16.4. The Balaban J connectivity index is 1.78. The van der Waals surface area contributed by atoms with Crippen molar-refractivity contribution in [2.45, 2.75) is 75.4 Å². The number of aliphatic imine (C=N–C) groups is 1. The first-order valence-electron chi connectivity index (χ1n) is 8.49. The third-order valence-corrected chi connectivity index (χ3v) is 6.15. The van der Waals surface area contributed by atoms with Gasteiger partial charge in [0.1, 0.15) is 5.66 Å². The number of carbonyl (C=O) groups excluding carboxylic acids is 1. The SMILES string of the molecule is COC(=O)/C=C\SC1=NC2(CCCCC2)NC12CCCCC2. The first-order chi connectivity index (χ1) is 10.7. The van der Waals surface area contributed by atoms with E-state index in [9.17, 15) is 4.79 Å². The van der Waals surface area contributed by atoms with Gasteiger partial charge in [-0.3, -0.25) is 10.3 Å². The van der Waals surface area contributed by atoms with Crippen molar-refractivity contribution < 1.29 is 9.53 Å². The first-order valence-corrected chi connectivity index (χ1v) is 9.37. The lowest BCUT2D eigenvalue weighted by molar-refractivity contribution is -0.134. The minimum Gasteiger partial charge on any atom is -0.466 e. The molecule has 5 heteroatoms. The molecule has 2 fully saturated rings. The number of methoxy groups -OCH3 is 1. The van der Waals surface area contributed by atoms with E-state index in [0.29, 0.717) is 0 Å². The predicted molar refractivity (Wildman–Crippen MR) is 90.9 cm³/mol. The zero-order chi connectivity index (χ0) is 15.5.